The first-order chi connectivity index (χ1) is 14.2. The molecule has 1 atom stereocenters. The summed E-state index contributed by atoms with van der Waals surface area (Å²) in [5.41, 5.74) is 0.0945. The lowest BCUT2D eigenvalue weighted by Gasteiger charge is -2.15. The second kappa shape index (κ2) is 8.78. The van der Waals surface area contributed by atoms with Gasteiger partial charge in [-0.1, -0.05) is 17.8 Å². The molecule has 3 rings (SSSR count). The van der Waals surface area contributed by atoms with Gasteiger partial charge in [-0.3, -0.25) is 9.36 Å². The van der Waals surface area contributed by atoms with Crippen LogP contribution in [-0.4, -0.2) is 40.1 Å². The average molecular weight is 436 g/mol. The van der Waals surface area contributed by atoms with E-state index in [1.165, 1.54) is 24.8 Å². The van der Waals surface area contributed by atoms with Crippen molar-refractivity contribution in [1.82, 2.24) is 20.1 Å². The molecule has 0 aliphatic rings. The van der Waals surface area contributed by atoms with Crippen molar-refractivity contribution < 1.29 is 22.7 Å². The average Bonchev–Trinajstić information content (AvgIpc) is 3.16. The van der Waals surface area contributed by atoms with Gasteiger partial charge in [0.1, 0.15) is 5.75 Å². The van der Waals surface area contributed by atoms with Crippen molar-refractivity contribution in [1.29, 1.82) is 0 Å². The fraction of sp³-hybridized carbons (Fsp3) is 0.250. The SMILES string of the molecule is CNC(=O)C(C)Sc1nnc(-c2ccc(OC)cc2)n1-c1cccc(C(F)(F)F)c1. The van der Waals surface area contributed by atoms with Crippen LogP contribution < -0.4 is 10.1 Å². The molecular weight excluding hydrogens is 417 g/mol. The summed E-state index contributed by atoms with van der Waals surface area (Å²) in [7, 11) is 3.05. The molecule has 1 amide bonds. The summed E-state index contributed by atoms with van der Waals surface area (Å²) in [6.07, 6.45) is -4.49. The molecule has 0 aliphatic heterocycles. The number of methoxy groups -OCH3 is 1. The number of aromatic nitrogens is 3. The van der Waals surface area contributed by atoms with Crippen molar-refractivity contribution in [2.45, 2.75) is 23.5 Å². The quantitative estimate of drug-likeness (QED) is 0.587. The molecule has 2 aromatic carbocycles. The summed E-state index contributed by atoms with van der Waals surface area (Å²) in [5, 5.41) is 10.7. The van der Waals surface area contributed by atoms with Crippen LogP contribution in [0.25, 0.3) is 17.1 Å². The van der Waals surface area contributed by atoms with Gasteiger partial charge in [0.25, 0.3) is 0 Å². The first kappa shape index (κ1) is 21.7. The van der Waals surface area contributed by atoms with Crippen LogP contribution in [0.3, 0.4) is 0 Å². The van der Waals surface area contributed by atoms with Gasteiger partial charge in [-0.25, -0.2) is 0 Å². The number of hydrogen-bond acceptors (Lipinski definition) is 5. The molecule has 0 fully saturated rings. The predicted molar refractivity (Wildman–Crippen MR) is 108 cm³/mol. The van der Waals surface area contributed by atoms with E-state index in [1.54, 1.807) is 37.3 Å². The Morgan fingerprint density at radius 3 is 2.47 bits per heavy atom. The largest absolute Gasteiger partial charge is 0.497 e. The first-order valence-electron chi connectivity index (χ1n) is 8.90. The summed E-state index contributed by atoms with van der Waals surface area (Å²) >= 11 is 1.11. The van der Waals surface area contributed by atoms with Crippen LogP contribution in [0.4, 0.5) is 13.2 Å². The van der Waals surface area contributed by atoms with Crippen LogP contribution in [0.2, 0.25) is 0 Å². The zero-order valence-electron chi connectivity index (χ0n) is 16.4. The van der Waals surface area contributed by atoms with Gasteiger partial charge in [-0.05, 0) is 49.4 Å². The number of nitrogens with one attached hydrogen (secondary N) is 1. The van der Waals surface area contributed by atoms with Gasteiger partial charge in [0.15, 0.2) is 11.0 Å². The number of amides is 1. The lowest BCUT2D eigenvalue weighted by atomic mass is 10.1. The number of ether oxygens (including phenoxy) is 1. The van der Waals surface area contributed by atoms with E-state index >= 15 is 0 Å². The Morgan fingerprint density at radius 1 is 1.17 bits per heavy atom. The summed E-state index contributed by atoms with van der Waals surface area (Å²) < 4.78 is 46.5. The minimum atomic E-state index is -4.49. The molecule has 0 saturated heterocycles. The summed E-state index contributed by atoms with van der Waals surface area (Å²) in [6.45, 7) is 1.68. The van der Waals surface area contributed by atoms with Gasteiger partial charge in [0, 0.05) is 12.6 Å². The Bertz CT molecular complexity index is 1040. The Morgan fingerprint density at radius 2 is 1.87 bits per heavy atom. The molecule has 1 heterocycles. The fourth-order valence-corrected chi connectivity index (χ4v) is 3.67. The van der Waals surface area contributed by atoms with E-state index < -0.39 is 17.0 Å². The minimum Gasteiger partial charge on any atom is -0.497 e. The topological polar surface area (TPSA) is 69.0 Å². The number of alkyl halides is 3. The Hall–Kier alpha value is -3.01. The molecule has 0 radical (unpaired) electrons. The summed E-state index contributed by atoms with van der Waals surface area (Å²) in [6, 6.07) is 11.8. The van der Waals surface area contributed by atoms with Gasteiger partial charge in [-0.2, -0.15) is 13.2 Å². The monoisotopic (exact) mass is 436 g/mol. The molecule has 6 nitrogen and oxygen atoms in total. The first-order valence-corrected chi connectivity index (χ1v) is 9.78. The van der Waals surface area contributed by atoms with Gasteiger partial charge < -0.3 is 10.1 Å². The van der Waals surface area contributed by atoms with E-state index in [0.717, 1.165) is 23.9 Å². The van der Waals surface area contributed by atoms with E-state index in [0.29, 0.717) is 22.3 Å². The number of halogens is 3. The lowest BCUT2D eigenvalue weighted by molar-refractivity contribution is -0.137. The van der Waals surface area contributed by atoms with Crippen molar-refractivity contribution in [3.8, 4) is 22.8 Å². The number of carbonyl (C=O) groups excluding carboxylic acids is 1. The van der Waals surface area contributed by atoms with Crippen molar-refractivity contribution >= 4 is 17.7 Å². The van der Waals surface area contributed by atoms with E-state index in [-0.39, 0.29) is 11.6 Å². The highest BCUT2D eigenvalue weighted by Gasteiger charge is 2.31. The van der Waals surface area contributed by atoms with Crippen molar-refractivity contribution in [3.63, 3.8) is 0 Å². The van der Waals surface area contributed by atoms with Gasteiger partial charge in [0.2, 0.25) is 5.91 Å². The summed E-state index contributed by atoms with van der Waals surface area (Å²) in [5.74, 6) is 0.750. The number of thioether (sulfide) groups is 1. The molecule has 0 spiro atoms. The third-order valence-electron chi connectivity index (χ3n) is 4.31. The summed E-state index contributed by atoms with van der Waals surface area (Å²) in [4.78, 5) is 11.9. The van der Waals surface area contributed by atoms with Crippen LogP contribution >= 0.6 is 11.8 Å². The van der Waals surface area contributed by atoms with Gasteiger partial charge in [0.05, 0.1) is 23.6 Å². The van der Waals surface area contributed by atoms with Gasteiger partial charge >= 0.3 is 6.18 Å². The number of benzene rings is 2. The molecule has 1 N–H and O–H groups in total. The molecular formula is C20H19F3N4O2S. The van der Waals surface area contributed by atoms with E-state index in [2.05, 4.69) is 15.5 Å². The second-order valence-electron chi connectivity index (χ2n) is 6.29. The zero-order valence-corrected chi connectivity index (χ0v) is 17.2. The van der Waals surface area contributed by atoms with E-state index in [4.69, 9.17) is 4.74 Å². The second-order valence-corrected chi connectivity index (χ2v) is 7.60. The molecule has 0 aliphatic carbocycles. The fourth-order valence-electron chi connectivity index (χ4n) is 2.74. The molecule has 0 bridgehead atoms. The lowest BCUT2D eigenvalue weighted by Crippen LogP contribution is -2.27. The smallest absolute Gasteiger partial charge is 0.416 e. The van der Waals surface area contributed by atoms with Gasteiger partial charge in [-0.15, -0.1) is 10.2 Å². The Kier molecular flexibility index (Phi) is 6.35. The van der Waals surface area contributed by atoms with E-state index in [9.17, 15) is 18.0 Å². The van der Waals surface area contributed by atoms with Crippen molar-refractivity contribution in [2.24, 2.45) is 0 Å². The maximum atomic E-state index is 13.3. The van der Waals surface area contributed by atoms with Crippen LogP contribution in [0.1, 0.15) is 12.5 Å². The van der Waals surface area contributed by atoms with Crippen molar-refractivity contribution in [3.05, 3.63) is 54.1 Å². The van der Waals surface area contributed by atoms with Crippen LogP contribution in [0.5, 0.6) is 5.75 Å². The molecule has 3 aromatic rings. The molecule has 0 saturated carbocycles. The van der Waals surface area contributed by atoms with Crippen molar-refractivity contribution in [2.75, 3.05) is 14.2 Å². The Labute approximate surface area is 175 Å². The molecule has 1 unspecified atom stereocenters. The maximum absolute atomic E-state index is 13.3. The number of hydrogen-bond donors (Lipinski definition) is 1. The molecule has 158 valence electrons. The third kappa shape index (κ3) is 4.59. The number of nitrogens with zero attached hydrogens (tertiary/aromatic N) is 3. The third-order valence-corrected chi connectivity index (χ3v) is 5.35. The minimum absolute atomic E-state index is 0.232. The normalized spacial score (nSPS) is 12.5. The highest BCUT2D eigenvalue weighted by molar-refractivity contribution is 8.00. The maximum Gasteiger partial charge on any atom is 0.416 e. The number of rotatable bonds is 6. The number of carbonyl (C=O) groups is 1. The molecule has 10 heteroatoms. The Balaban J connectivity index is 2.13. The predicted octanol–water partition coefficient (Wildman–Crippen LogP) is 4.19. The van der Waals surface area contributed by atoms with Crippen LogP contribution in [0.15, 0.2) is 53.7 Å². The van der Waals surface area contributed by atoms with E-state index in [1.807, 2.05) is 0 Å². The highest BCUT2D eigenvalue weighted by atomic mass is 32.2. The molecule has 30 heavy (non-hydrogen) atoms. The highest BCUT2D eigenvalue weighted by Crippen LogP contribution is 2.34. The molecule has 1 aromatic heterocycles. The standard InChI is InChI=1S/C20H19F3N4O2S/c1-12(18(28)24-2)30-19-26-25-17(13-7-9-16(29-3)10-8-13)27(19)15-6-4-5-14(11-15)20(21,22)23/h4-12H,1-3H3,(H,24,28). The van der Waals surface area contributed by atoms with Crippen LogP contribution in [0, 0.1) is 0 Å². The van der Waals surface area contributed by atoms with Crippen LogP contribution in [-0.2, 0) is 11.0 Å². The zero-order chi connectivity index (χ0) is 21.9.